The zero-order valence-electron chi connectivity index (χ0n) is 30.8. The molecule has 1 aromatic heterocycles. The van der Waals surface area contributed by atoms with Crippen molar-refractivity contribution in [3.05, 3.63) is 144 Å². The zero-order valence-corrected chi connectivity index (χ0v) is 31.7. The van der Waals surface area contributed by atoms with Crippen molar-refractivity contribution in [1.82, 2.24) is 14.6 Å². The summed E-state index contributed by atoms with van der Waals surface area (Å²) in [6.45, 7) is 5.22. The highest BCUT2D eigenvalue weighted by atomic mass is 32.2. The highest BCUT2D eigenvalue weighted by molar-refractivity contribution is 7.98. The van der Waals surface area contributed by atoms with Crippen LogP contribution in [0.5, 0.6) is 11.5 Å². The van der Waals surface area contributed by atoms with Crippen molar-refractivity contribution in [2.24, 2.45) is 5.92 Å². The van der Waals surface area contributed by atoms with E-state index in [0.29, 0.717) is 54.8 Å². The first kappa shape index (κ1) is 37.4. The number of carbonyl (C=O) groups excluding carboxylic acids is 1. The quantitative estimate of drug-likeness (QED) is 0.0722. The van der Waals surface area contributed by atoms with Gasteiger partial charge in [0.2, 0.25) is 0 Å². The van der Waals surface area contributed by atoms with Crippen LogP contribution in [-0.2, 0) is 4.74 Å². The molecule has 12 heteroatoms. The average molecular weight is 775 g/mol. The first-order valence-electron chi connectivity index (χ1n) is 18.9. The van der Waals surface area contributed by atoms with E-state index >= 15 is 0 Å². The summed E-state index contributed by atoms with van der Waals surface area (Å²) in [5, 5.41) is 4.47. The minimum absolute atomic E-state index is 0.163. The minimum atomic E-state index is -0.300. The lowest BCUT2D eigenvalue weighted by atomic mass is 9.96. The van der Waals surface area contributed by atoms with Gasteiger partial charge in [-0.3, -0.25) is 14.4 Å². The number of rotatable bonds is 12. The third-order valence-corrected chi connectivity index (χ3v) is 11.4. The van der Waals surface area contributed by atoms with Gasteiger partial charge in [-0.1, -0.05) is 24.3 Å². The summed E-state index contributed by atoms with van der Waals surface area (Å²) in [4.78, 5) is 22.4. The second-order valence-corrected chi connectivity index (χ2v) is 15.1. The van der Waals surface area contributed by atoms with E-state index in [9.17, 15) is 13.6 Å². The predicted octanol–water partition coefficient (Wildman–Crippen LogP) is 9.01. The van der Waals surface area contributed by atoms with Crippen molar-refractivity contribution in [2.75, 3.05) is 61.9 Å². The second-order valence-electron chi connectivity index (χ2n) is 14.3. The van der Waals surface area contributed by atoms with Crippen molar-refractivity contribution in [3.63, 3.8) is 0 Å². The predicted molar refractivity (Wildman–Crippen MR) is 219 cm³/mol. The molecule has 0 bridgehead atoms. The van der Waals surface area contributed by atoms with E-state index < -0.39 is 0 Å². The third-order valence-electron chi connectivity index (χ3n) is 10.6. The van der Waals surface area contributed by atoms with Gasteiger partial charge in [-0.25, -0.2) is 8.78 Å². The molecule has 288 valence electrons. The number of carbonyl (C=O) groups is 1. The molecular formula is C44H44F2N6O3S. The van der Waals surface area contributed by atoms with Gasteiger partial charge in [0.1, 0.15) is 23.1 Å². The molecule has 8 rings (SSSR count). The van der Waals surface area contributed by atoms with Crippen LogP contribution >= 0.6 is 11.9 Å². The lowest BCUT2D eigenvalue weighted by Gasteiger charge is -2.40. The van der Waals surface area contributed by atoms with Gasteiger partial charge in [-0.05, 0) is 121 Å². The Morgan fingerprint density at radius 2 is 1.57 bits per heavy atom. The van der Waals surface area contributed by atoms with Crippen molar-refractivity contribution >= 4 is 45.8 Å². The van der Waals surface area contributed by atoms with Gasteiger partial charge >= 0.3 is 0 Å². The summed E-state index contributed by atoms with van der Waals surface area (Å²) in [6, 6.07) is 32.1. The first-order valence-corrected chi connectivity index (χ1v) is 19.8. The molecule has 0 spiro atoms. The van der Waals surface area contributed by atoms with Gasteiger partial charge in [-0.2, -0.15) is 0 Å². The molecule has 3 heterocycles. The number of anilines is 3. The fourth-order valence-electron chi connectivity index (χ4n) is 7.47. The number of hydrogen-bond acceptors (Lipinski definition) is 8. The Balaban J connectivity index is 0.983. The first-order chi connectivity index (χ1) is 27.4. The Hall–Kier alpha value is -5.56. The largest absolute Gasteiger partial charge is 0.456 e. The number of nitrogens with zero attached hydrogens (tertiary/aromatic N) is 2. The number of halogens is 2. The second kappa shape index (κ2) is 17.1. The van der Waals surface area contributed by atoms with E-state index in [-0.39, 0.29) is 23.6 Å². The number of ether oxygens (including phenoxy) is 2. The van der Waals surface area contributed by atoms with Gasteiger partial charge in [-0.15, -0.1) is 0 Å². The molecule has 56 heavy (non-hydrogen) atoms. The van der Waals surface area contributed by atoms with Crippen LogP contribution in [0.1, 0.15) is 40.4 Å². The van der Waals surface area contributed by atoms with Crippen molar-refractivity contribution in [2.45, 2.75) is 23.8 Å². The topological polar surface area (TPSA) is 108 Å². The van der Waals surface area contributed by atoms with E-state index in [1.165, 1.54) is 36.2 Å². The normalized spacial score (nSPS) is 15.3. The monoisotopic (exact) mass is 774 g/mol. The molecule has 2 fully saturated rings. The van der Waals surface area contributed by atoms with Crippen molar-refractivity contribution in [3.8, 4) is 11.5 Å². The number of piperazine rings is 1. The van der Waals surface area contributed by atoms with Crippen LogP contribution < -0.4 is 25.4 Å². The van der Waals surface area contributed by atoms with E-state index in [2.05, 4.69) is 24.8 Å². The van der Waals surface area contributed by atoms with Crippen LogP contribution in [0.15, 0.2) is 120 Å². The average Bonchev–Trinajstić information content (AvgIpc) is 3.70. The number of hydrogen-bond donors (Lipinski definition) is 4. The molecule has 0 atom stereocenters. The number of nitrogen functional groups attached to an aromatic ring is 1. The molecule has 0 saturated carbocycles. The van der Waals surface area contributed by atoms with Crippen LogP contribution in [0.4, 0.5) is 25.8 Å². The van der Waals surface area contributed by atoms with Crippen LogP contribution in [0.2, 0.25) is 0 Å². The Labute approximate surface area is 329 Å². The maximum atomic E-state index is 13.9. The fourth-order valence-corrected chi connectivity index (χ4v) is 8.12. The standard InChI is InChI=1S/C44H44F2N6O3S/c45-33-5-1-30(2-6-33)43(31-3-7-34(46)8-4-31)52-21-19-51(20-22-52)35-9-12-38(42(26-35)55-36-10-13-40-32(25-36)15-18-48-40)44(53)50-56-37-11-14-41(39(47)27-37)49-28-29-16-23-54-24-17-29/h1-15,18,25-27,29,43,48-49H,16-17,19-24,28,47H2,(H,50,53). The summed E-state index contributed by atoms with van der Waals surface area (Å²) in [6.07, 6.45) is 3.95. The molecule has 6 aromatic rings. The number of nitrogens with two attached hydrogens (primary N) is 1. The smallest absolute Gasteiger partial charge is 0.265 e. The number of H-pyrrole nitrogens is 1. The Morgan fingerprint density at radius 3 is 2.27 bits per heavy atom. The van der Waals surface area contributed by atoms with Gasteiger partial charge < -0.3 is 30.4 Å². The lowest BCUT2D eigenvalue weighted by molar-refractivity contribution is 0.0699. The summed E-state index contributed by atoms with van der Waals surface area (Å²) in [5.74, 6) is 0.698. The molecule has 2 aliphatic rings. The maximum absolute atomic E-state index is 13.9. The van der Waals surface area contributed by atoms with E-state index in [1.807, 2.05) is 60.8 Å². The Morgan fingerprint density at radius 1 is 0.857 bits per heavy atom. The fraction of sp³-hybridized carbons (Fsp3) is 0.250. The Kier molecular flexibility index (Phi) is 11.4. The van der Waals surface area contributed by atoms with E-state index in [0.717, 1.165) is 70.9 Å². The summed E-state index contributed by atoms with van der Waals surface area (Å²) in [5.41, 5.74) is 12.1. The molecule has 5 aromatic carbocycles. The van der Waals surface area contributed by atoms with E-state index in [4.69, 9.17) is 15.2 Å². The lowest BCUT2D eigenvalue weighted by Crippen LogP contribution is -2.48. The number of aromatic amines is 1. The van der Waals surface area contributed by atoms with E-state index in [1.54, 1.807) is 30.3 Å². The van der Waals surface area contributed by atoms with Crippen molar-refractivity contribution in [1.29, 1.82) is 0 Å². The van der Waals surface area contributed by atoms with Crippen LogP contribution in [0.25, 0.3) is 10.9 Å². The molecule has 9 nitrogen and oxygen atoms in total. The molecule has 0 aliphatic carbocycles. The molecule has 5 N–H and O–H groups in total. The van der Waals surface area contributed by atoms with Gasteiger partial charge in [0, 0.05) is 79.7 Å². The molecule has 0 unspecified atom stereocenters. The third kappa shape index (κ3) is 8.78. The highest BCUT2D eigenvalue weighted by Crippen LogP contribution is 2.35. The van der Waals surface area contributed by atoms with Gasteiger partial charge in [0.25, 0.3) is 5.91 Å². The number of fused-ring (bicyclic) bond motifs is 1. The Bertz CT molecular complexity index is 2230. The summed E-state index contributed by atoms with van der Waals surface area (Å²) >= 11 is 1.20. The number of nitrogens with one attached hydrogen (secondary N) is 3. The SMILES string of the molecule is Nc1cc(SNC(=O)c2ccc(N3CCN(C(c4ccc(F)cc4)c4ccc(F)cc4)CC3)cc2Oc2ccc3[nH]ccc3c2)ccc1NCC1CCOCC1. The number of benzene rings is 5. The minimum Gasteiger partial charge on any atom is -0.456 e. The highest BCUT2D eigenvalue weighted by Gasteiger charge is 2.28. The summed E-state index contributed by atoms with van der Waals surface area (Å²) in [7, 11) is 0. The maximum Gasteiger partial charge on any atom is 0.265 e. The molecule has 0 radical (unpaired) electrons. The van der Waals surface area contributed by atoms with Gasteiger partial charge in [0.15, 0.2) is 0 Å². The van der Waals surface area contributed by atoms with Crippen molar-refractivity contribution < 1.29 is 23.0 Å². The number of amides is 1. The molecular weight excluding hydrogens is 731 g/mol. The van der Waals surface area contributed by atoms with Crippen LogP contribution in [-0.4, -0.2) is 61.7 Å². The van der Waals surface area contributed by atoms with Gasteiger partial charge in [0.05, 0.1) is 23.0 Å². The molecule has 2 saturated heterocycles. The zero-order chi connectivity index (χ0) is 38.4. The molecule has 1 amide bonds. The molecule has 2 aliphatic heterocycles. The van der Waals surface area contributed by atoms with Crippen LogP contribution in [0, 0.1) is 17.6 Å². The number of aromatic nitrogens is 1. The van der Waals surface area contributed by atoms with Crippen LogP contribution in [0.3, 0.4) is 0 Å². The summed E-state index contributed by atoms with van der Waals surface area (Å²) < 4.78 is 42.7.